The van der Waals surface area contributed by atoms with Crippen molar-refractivity contribution in [2.75, 3.05) is 26.2 Å². The van der Waals surface area contributed by atoms with Gasteiger partial charge in [-0.05, 0) is 19.1 Å². The van der Waals surface area contributed by atoms with Crippen molar-refractivity contribution in [2.45, 2.75) is 13.0 Å². The second-order valence-electron chi connectivity index (χ2n) is 4.94. The van der Waals surface area contributed by atoms with Gasteiger partial charge in [0, 0.05) is 26.2 Å². The summed E-state index contributed by atoms with van der Waals surface area (Å²) in [6.07, 6.45) is 0. The Morgan fingerprint density at radius 1 is 1.29 bits per heavy atom. The molecule has 0 saturated carbocycles. The maximum Gasteiger partial charge on any atom is 0.320 e. The summed E-state index contributed by atoms with van der Waals surface area (Å²) < 4.78 is 13.7. The fourth-order valence-corrected chi connectivity index (χ4v) is 2.57. The zero-order valence-electron chi connectivity index (χ0n) is 11.6. The second-order valence-corrected chi connectivity index (χ2v) is 5.35. The third kappa shape index (κ3) is 3.33. The second kappa shape index (κ2) is 6.41. The highest BCUT2D eigenvalue weighted by Gasteiger charge is 2.29. The van der Waals surface area contributed by atoms with Gasteiger partial charge in [0.25, 0.3) is 5.91 Å². The van der Waals surface area contributed by atoms with Gasteiger partial charge in [0.15, 0.2) is 0 Å². The number of hydrogen-bond donors (Lipinski definition) is 1. The molecule has 2 rings (SSSR count). The van der Waals surface area contributed by atoms with E-state index in [1.807, 2.05) is 0 Å². The van der Waals surface area contributed by atoms with Gasteiger partial charge in [-0.1, -0.05) is 17.7 Å². The van der Waals surface area contributed by atoms with Crippen molar-refractivity contribution in [1.29, 1.82) is 0 Å². The number of carboxylic acids is 1. The molecule has 1 N–H and O–H groups in total. The minimum atomic E-state index is -0.896. The maximum absolute atomic E-state index is 13.7. The number of rotatable bonds is 3. The van der Waals surface area contributed by atoms with Gasteiger partial charge in [0.05, 0.1) is 10.6 Å². The van der Waals surface area contributed by atoms with E-state index in [1.165, 1.54) is 23.1 Å². The fourth-order valence-electron chi connectivity index (χ4n) is 2.33. The Bertz CT molecular complexity index is 539. The van der Waals surface area contributed by atoms with E-state index in [0.29, 0.717) is 26.2 Å². The number of hydrogen-bond acceptors (Lipinski definition) is 3. The average Bonchev–Trinajstić information content (AvgIpc) is 2.46. The van der Waals surface area contributed by atoms with E-state index < -0.39 is 23.7 Å². The number of piperazine rings is 1. The van der Waals surface area contributed by atoms with Gasteiger partial charge < -0.3 is 10.0 Å². The van der Waals surface area contributed by atoms with Crippen molar-refractivity contribution >= 4 is 23.5 Å². The SMILES string of the molecule is C[C@@H](C(=O)O)N1CCN(C(=O)c2c(F)cccc2Cl)CC1. The lowest BCUT2D eigenvalue weighted by Crippen LogP contribution is -2.53. The predicted molar refractivity (Wildman–Crippen MR) is 76.0 cm³/mol. The van der Waals surface area contributed by atoms with Gasteiger partial charge in [0.1, 0.15) is 11.9 Å². The van der Waals surface area contributed by atoms with Gasteiger partial charge in [-0.2, -0.15) is 0 Å². The predicted octanol–water partition coefficient (Wildman–Crippen LogP) is 1.71. The highest BCUT2D eigenvalue weighted by atomic mass is 35.5. The van der Waals surface area contributed by atoms with Crippen molar-refractivity contribution in [3.63, 3.8) is 0 Å². The zero-order chi connectivity index (χ0) is 15.6. The molecular formula is C14H16ClFN2O3. The highest BCUT2D eigenvalue weighted by Crippen LogP contribution is 2.21. The number of carboxylic acid groups (broad SMARTS) is 1. The van der Waals surface area contributed by atoms with E-state index in [-0.39, 0.29) is 10.6 Å². The highest BCUT2D eigenvalue weighted by molar-refractivity contribution is 6.33. The minimum absolute atomic E-state index is 0.0846. The van der Waals surface area contributed by atoms with Crippen LogP contribution in [0.2, 0.25) is 5.02 Å². The Morgan fingerprint density at radius 3 is 2.43 bits per heavy atom. The Hall–Kier alpha value is -1.66. The molecule has 114 valence electrons. The lowest BCUT2D eigenvalue weighted by atomic mass is 10.1. The van der Waals surface area contributed by atoms with Crippen LogP contribution in [0.4, 0.5) is 4.39 Å². The van der Waals surface area contributed by atoms with E-state index in [0.717, 1.165) is 0 Å². The smallest absolute Gasteiger partial charge is 0.320 e. The van der Waals surface area contributed by atoms with Crippen LogP contribution >= 0.6 is 11.6 Å². The Morgan fingerprint density at radius 2 is 1.90 bits per heavy atom. The summed E-state index contributed by atoms with van der Waals surface area (Å²) in [5.74, 6) is -2.00. The van der Waals surface area contributed by atoms with E-state index in [9.17, 15) is 14.0 Å². The summed E-state index contributed by atoms with van der Waals surface area (Å²) in [7, 11) is 0. The molecule has 0 spiro atoms. The van der Waals surface area contributed by atoms with Crippen LogP contribution in [0.15, 0.2) is 18.2 Å². The Kier molecular flexibility index (Phi) is 4.80. The molecule has 1 aromatic carbocycles. The molecule has 1 amide bonds. The summed E-state index contributed by atoms with van der Waals surface area (Å²) in [4.78, 5) is 26.5. The molecule has 0 unspecified atom stereocenters. The van der Waals surface area contributed by atoms with Crippen LogP contribution in [-0.2, 0) is 4.79 Å². The number of halogens is 2. The van der Waals surface area contributed by atoms with Crippen LogP contribution in [0.25, 0.3) is 0 Å². The van der Waals surface area contributed by atoms with E-state index in [1.54, 1.807) is 11.8 Å². The van der Waals surface area contributed by atoms with Crippen molar-refractivity contribution in [1.82, 2.24) is 9.80 Å². The molecule has 1 aliphatic heterocycles. The van der Waals surface area contributed by atoms with Gasteiger partial charge in [-0.15, -0.1) is 0 Å². The van der Waals surface area contributed by atoms with Crippen molar-refractivity contribution in [2.24, 2.45) is 0 Å². The number of amides is 1. The first-order chi connectivity index (χ1) is 9.91. The van der Waals surface area contributed by atoms with Crippen LogP contribution in [0.3, 0.4) is 0 Å². The van der Waals surface area contributed by atoms with Crippen LogP contribution in [0, 0.1) is 5.82 Å². The number of nitrogens with zero attached hydrogens (tertiary/aromatic N) is 2. The monoisotopic (exact) mass is 314 g/mol. The molecule has 5 nitrogen and oxygen atoms in total. The molecule has 1 fully saturated rings. The van der Waals surface area contributed by atoms with Crippen molar-refractivity contribution < 1.29 is 19.1 Å². The molecule has 1 heterocycles. The molecule has 0 aliphatic carbocycles. The van der Waals surface area contributed by atoms with Crippen LogP contribution < -0.4 is 0 Å². The van der Waals surface area contributed by atoms with Gasteiger partial charge in [-0.3, -0.25) is 14.5 Å². The quantitative estimate of drug-likeness (QED) is 0.922. The molecule has 7 heteroatoms. The van der Waals surface area contributed by atoms with Gasteiger partial charge in [0.2, 0.25) is 0 Å². The lowest BCUT2D eigenvalue weighted by Gasteiger charge is -2.36. The van der Waals surface area contributed by atoms with E-state index >= 15 is 0 Å². The maximum atomic E-state index is 13.7. The van der Waals surface area contributed by atoms with Crippen molar-refractivity contribution in [3.05, 3.63) is 34.6 Å². The van der Waals surface area contributed by atoms with E-state index in [4.69, 9.17) is 16.7 Å². The first-order valence-corrected chi connectivity index (χ1v) is 6.99. The average molecular weight is 315 g/mol. The molecular weight excluding hydrogens is 299 g/mol. The van der Waals surface area contributed by atoms with Gasteiger partial charge in [-0.25, -0.2) is 4.39 Å². The fraction of sp³-hybridized carbons (Fsp3) is 0.429. The molecule has 21 heavy (non-hydrogen) atoms. The normalized spacial score (nSPS) is 17.6. The molecule has 0 radical (unpaired) electrons. The Labute approximate surface area is 126 Å². The van der Waals surface area contributed by atoms with E-state index in [2.05, 4.69) is 0 Å². The van der Waals surface area contributed by atoms with Crippen molar-refractivity contribution in [3.8, 4) is 0 Å². The van der Waals surface area contributed by atoms with Crippen LogP contribution in [0.5, 0.6) is 0 Å². The molecule has 1 atom stereocenters. The number of benzene rings is 1. The number of carbonyl (C=O) groups excluding carboxylic acids is 1. The topological polar surface area (TPSA) is 60.9 Å². The zero-order valence-corrected chi connectivity index (χ0v) is 12.3. The molecule has 1 saturated heterocycles. The summed E-state index contributed by atoms with van der Waals surface area (Å²) in [6, 6.07) is 3.52. The summed E-state index contributed by atoms with van der Waals surface area (Å²) in [5.41, 5.74) is -0.126. The van der Waals surface area contributed by atoms with Crippen LogP contribution in [-0.4, -0.2) is 59.0 Å². The lowest BCUT2D eigenvalue weighted by molar-refractivity contribution is -0.143. The standard InChI is InChI=1S/C14H16ClFN2O3/c1-9(14(20)21)17-5-7-18(8-6-17)13(19)12-10(15)3-2-4-11(12)16/h2-4,9H,5-8H2,1H3,(H,20,21)/t9-/m0/s1. The first kappa shape index (κ1) is 15.7. The molecule has 1 aliphatic rings. The molecule has 1 aromatic rings. The number of aliphatic carboxylic acids is 1. The first-order valence-electron chi connectivity index (χ1n) is 6.62. The Balaban J connectivity index is 2.06. The summed E-state index contributed by atoms with van der Waals surface area (Å²) in [5, 5.41) is 9.06. The summed E-state index contributed by atoms with van der Waals surface area (Å²) in [6.45, 7) is 3.17. The third-order valence-electron chi connectivity index (χ3n) is 3.68. The van der Waals surface area contributed by atoms with Gasteiger partial charge >= 0.3 is 5.97 Å². The third-order valence-corrected chi connectivity index (χ3v) is 4.00. The van der Waals surface area contributed by atoms with Crippen LogP contribution in [0.1, 0.15) is 17.3 Å². The largest absolute Gasteiger partial charge is 0.480 e. The molecule has 0 bridgehead atoms. The number of carbonyl (C=O) groups is 2. The summed E-state index contributed by atoms with van der Waals surface area (Å²) >= 11 is 5.89. The molecule has 0 aromatic heterocycles. The minimum Gasteiger partial charge on any atom is -0.480 e.